The minimum Gasteiger partial charge on any atom is -0.379 e. The molecule has 2 saturated heterocycles. The highest BCUT2D eigenvalue weighted by molar-refractivity contribution is 7.86. The first-order chi connectivity index (χ1) is 7.66. The molecule has 2 fully saturated rings. The van der Waals surface area contributed by atoms with Crippen LogP contribution in [0.5, 0.6) is 0 Å². The van der Waals surface area contributed by atoms with Crippen LogP contribution in [0.2, 0.25) is 0 Å². The maximum atomic E-state index is 12.3. The molecule has 2 aliphatic heterocycles. The summed E-state index contributed by atoms with van der Waals surface area (Å²) in [6, 6.07) is -0.0329. The summed E-state index contributed by atoms with van der Waals surface area (Å²) in [6.45, 7) is 2.47. The van der Waals surface area contributed by atoms with Crippen LogP contribution < -0.4 is 0 Å². The van der Waals surface area contributed by atoms with Crippen molar-refractivity contribution >= 4 is 21.8 Å². The molecule has 2 rings (SSSR count). The van der Waals surface area contributed by atoms with Crippen LogP contribution in [-0.4, -0.2) is 61.8 Å². The van der Waals surface area contributed by atoms with Crippen molar-refractivity contribution in [3.8, 4) is 0 Å². The zero-order valence-electron chi connectivity index (χ0n) is 9.14. The van der Waals surface area contributed by atoms with Crippen LogP contribution in [-0.2, 0) is 14.9 Å². The standard InChI is InChI=1S/C9H17ClN2O3S/c10-8-9-2-1-3-12(9)16(13,14)11-4-6-15-7-5-11/h9H,1-8H2. The van der Waals surface area contributed by atoms with Gasteiger partial charge in [0.1, 0.15) is 0 Å². The molecule has 2 heterocycles. The van der Waals surface area contributed by atoms with Crippen molar-refractivity contribution in [3.63, 3.8) is 0 Å². The molecule has 0 aromatic rings. The Hall–Kier alpha value is 0.120. The number of hydrogen-bond donors (Lipinski definition) is 0. The summed E-state index contributed by atoms with van der Waals surface area (Å²) in [5.41, 5.74) is 0. The topological polar surface area (TPSA) is 49.9 Å². The van der Waals surface area contributed by atoms with E-state index in [0.717, 1.165) is 12.8 Å². The molecule has 5 nitrogen and oxygen atoms in total. The van der Waals surface area contributed by atoms with E-state index in [2.05, 4.69) is 0 Å². The zero-order valence-corrected chi connectivity index (χ0v) is 10.7. The molecule has 0 radical (unpaired) electrons. The monoisotopic (exact) mass is 268 g/mol. The van der Waals surface area contributed by atoms with Gasteiger partial charge < -0.3 is 4.74 Å². The summed E-state index contributed by atoms with van der Waals surface area (Å²) in [7, 11) is -3.32. The van der Waals surface area contributed by atoms with Gasteiger partial charge >= 0.3 is 0 Å². The molecule has 2 aliphatic rings. The van der Waals surface area contributed by atoms with E-state index in [4.69, 9.17) is 16.3 Å². The van der Waals surface area contributed by atoms with Gasteiger partial charge in [0, 0.05) is 31.6 Å². The molecule has 0 saturated carbocycles. The summed E-state index contributed by atoms with van der Waals surface area (Å²) in [4.78, 5) is 0. The molecule has 0 amide bonds. The molecule has 7 heteroatoms. The molecule has 0 aromatic carbocycles. The molecule has 94 valence electrons. The van der Waals surface area contributed by atoms with Gasteiger partial charge in [-0.3, -0.25) is 0 Å². The quantitative estimate of drug-likeness (QED) is 0.691. The van der Waals surface area contributed by atoms with Gasteiger partial charge in [0.2, 0.25) is 0 Å². The molecular formula is C9H17ClN2O3S. The Labute approximate surface area is 101 Å². The normalized spacial score (nSPS) is 29.7. The number of hydrogen-bond acceptors (Lipinski definition) is 3. The number of morpholine rings is 1. The Morgan fingerprint density at radius 2 is 1.94 bits per heavy atom. The van der Waals surface area contributed by atoms with Crippen molar-refractivity contribution in [1.29, 1.82) is 0 Å². The Morgan fingerprint density at radius 1 is 1.25 bits per heavy atom. The van der Waals surface area contributed by atoms with Crippen LogP contribution in [0.1, 0.15) is 12.8 Å². The average Bonchev–Trinajstić information content (AvgIpc) is 2.79. The van der Waals surface area contributed by atoms with Crippen molar-refractivity contribution in [2.45, 2.75) is 18.9 Å². The summed E-state index contributed by atoms with van der Waals surface area (Å²) in [6.07, 6.45) is 1.77. The van der Waals surface area contributed by atoms with E-state index >= 15 is 0 Å². The molecule has 1 atom stereocenters. The van der Waals surface area contributed by atoms with Crippen LogP contribution >= 0.6 is 11.6 Å². The molecule has 0 aliphatic carbocycles. The average molecular weight is 269 g/mol. The fraction of sp³-hybridized carbons (Fsp3) is 1.00. The van der Waals surface area contributed by atoms with Crippen molar-refractivity contribution in [1.82, 2.24) is 8.61 Å². The Morgan fingerprint density at radius 3 is 2.56 bits per heavy atom. The molecule has 0 aromatic heterocycles. The Balaban J connectivity index is 2.11. The molecular weight excluding hydrogens is 252 g/mol. The van der Waals surface area contributed by atoms with Gasteiger partial charge in [0.25, 0.3) is 10.2 Å². The lowest BCUT2D eigenvalue weighted by Gasteiger charge is -2.32. The van der Waals surface area contributed by atoms with Crippen LogP contribution in [0.3, 0.4) is 0 Å². The number of alkyl halides is 1. The lowest BCUT2D eigenvalue weighted by Crippen LogP contribution is -2.50. The lowest BCUT2D eigenvalue weighted by molar-refractivity contribution is 0.0700. The third-order valence-electron chi connectivity index (χ3n) is 3.09. The van der Waals surface area contributed by atoms with Crippen LogP contribution in [0.25, 0.3) is 0 Å². The summed E-state index contributed by atoms with van der Waals surface area (Å²) in [5.74, 6) is 0.379. The first-order valence-electron chi connectivity index (χ1n) is 5.57. The number of rotatable bonds is 3. The first kappa shape index (κ1) is 12.6. The zero-order chi connectivity index (χ0) is 11.6. The molecule has 0 spiro atoms. The molecule has 0 N–H and O–H groups in total. The van der Waals surface area contributed by atoms with Gasteiger partial charge in [-0.2, -0.15) is 17.0 Å². The summed E-state index contributed by atoms with van der Waals surface area (Å²) >= 11 is 5.80. The van der Waals surface area contributed by atoms with Gasteiger partial charge in [0.15, 0.2) is 0 Å². The number of nitrogens with zero attached hydrogens (tertiary/aromatic N) is 2. The van der Waals surface area contributed by atoms with Gasteiger partial charge in [-0.15, -0.1) is 11.6 Å². The van der Waals surface area contributed by atoms with Crippen molar-refractivity contribution < 1.29 is 13.2 Å². The molecule has 0 bridgehead atoms. The van der Waals surface area contributed by atoms with E-state index in [1.807, 2.05) is 0 Å². The highest BCUT2D eigenvalue weighted by Crippen LogP contribution is 2.24. The SMILES string of the molecule is O=S(=O)(N1CCOCC1)N1CCCC1CCl. The van der Waals surface area contributed by atoms with Crippen molar-refractivity contribution in [2.75, 3.05) is 38.7 Å². The third kappa shape index (κ3) is 2.36. The maximum Gasteiger partial charge on any atom is 0.282 e. The molecule has 16 heavy (non-hydrogen) atoms. The predicted octanol–water partition coefficient (Wildman–Crippen LogP) is 0.267. The second kappa shape index (κ2) is 5.18. The smallest absolute Gasteiger partial charge is 0.282 e. The number of halogens is 1. The largest absolute Gasteiger partial charge is 0.379 e. The van der Waals surface area contributed by atoms with E-state index in [-0.39, 0.29) is 6.04 Å². The van der Waals surface area contributed by atoms with Crippen LogP contribution in [0.4, 0.5) is 0 Å². The predicted molar refractivity (Wildman–Crippen MR) is 61.8 cm³/mol. The van der Waals surface area contributed by atoms with Gasteiger partial charge in [-0.1, -0.05) is 0 Å². The maximum absolute atomic E-state index is 12.3. The Bertz CT molecular complexity index is 330. The third-order valence-corrected chi connectivity index (χ3v) is 5.54. The first-order valence-corrected chi connectivity index (χ1v) is 7.50. The van der Waals surface area contributed by atoms with Crippen molar-refractivity contribution in [2.24, 2.45) is 0 Å². The minimum atomic E-state index is -3.32. The van der Waals surface area contributed by atoms with E-state index in [9.17, 15) is 8.42 Å². The van der Waals surface area contributed by atoms with E-state index < -0.39 is 10.2 Å². The highest BCUT2D eigenvalue weighted by Gasteiger charge is 2.37. The van der Waals surface area contributed by atoms with Crippen LogP contribution in [0, 0.1) is 0 Å². The van der Waals surface area contributed by atoms with Gasteiger partial charge in [-0.05, 0) is 12.8 Å². The lowest BCUT2D eigenvalue weighted by atomic mass is 10.3. The summed E-state index contributed by atoms with van der Waals surface area (Å²) in [5, 5.41) is 0. The fourth-order valence-corrected chi connectivity index (χ4v) is 4.42. The number of ether oxygens (including phenoxy) is 1. The second-order valence-electron chi connectivity index (χ2n) is 4.08. The molecule has 1 unspecified atom stereocenters. The van der Waals surface area contributed by atoms with E-state index in [1.54, 1.807) is 4.31 Å². The van der Waals surface area contributed by atoms with Crippen molar-refractivity contribution in [3.05, 3.63) is 0 Å². The van der Waals surface area contributed by atoms with E-state index in [1.165, 1.54) is 4.31 Å². The Kier molecular flexibility index (Phi) is 4.07. The van der Waals surface area contributed by atoms with Gasteiger partial charge in [-0.25, -0.2) is 0 Å². The summed E-state index contributed by atoms with van der Waals surface area (Å²) < 4.78 is 32.8. The minimum absolute atomic E-state index is 0.0329. The van der Waals surface area contributed by atoms with Crippen LogP contribution in [0.15, 0.2) is 0 Å². The highest BCUT2D eigenvalue weighted by atomic mass is 35.5. The van der Waals surface area contributed by atoms with Gasteiger partial charge in [0.05, 0.1) is 13.2 Å². The second-order valence-corrected chi connectivity index (χ2v) is 6.27. The fourth-order valence-electron chi connectivity index (χ4n) is 2.19. The van der Waals surface area contributed by atoms with E-state index in [0.29, 0.717) is 38.7 Å².